The Kier molecular flexibility index (Phi) is 2.91. The molecule has 2 aliphatic rings. The minimum absolute atomic E-state index is 0.0531. The molecule has 1 heterocycles. The Labute approximate surface area is 106 Å². The third-order valence-electron chi connectivity index (χ3n) is 4.27. The molecule has 0 amide bonds. The Balaban J connectivity index is 2.46. The first-order valence-electron chi connectivity index (χ1n) is 5.21. The molecule has 0 spiro atoms. The molecule has 0 aromatic carbocycles. The van der Waals surface area contributed by atoms with E-state index < -0.39 is 15.5 Å². The van der Waals surface area contributed by atoms with Gasteiger partial charge in [0.1, 0.15) is 0 Å². The molecule has 16 heavy (non-hydrogen) atoms. The van der Waals surface area contributed by atoms with Gasteiger partial charge in [0.25, 0.3) is 0 Å². The summed E-state index contributed by atoms with van der Waals surface area (Å²) in [5, 5.41) is 0. The normalized spacial score (nSPS) is 38.2. The van der Waals surface area contributed by atoms with Crippen molar-refractivity contribution in [2.75, 3.05) is 14.6 Å². The van der Waals surface area contributed by atoms with Crippen molar-refractivity contribution < 1.29 is 39.0 Å². The molecule has 1 saturated carbocycles. The first-order chi connectivity index (χ1) is 7.19. The van der Waals surface area contributed by atoms with Gasteiger partial charge in [-0.3, -0.25) is 0 Å². The number of alkyl halides is 2. The summed E-state index contributed by atoms with van der Waals surface area (Å²) in [6, 6.07) is 0. The molecule has 2 atom stereocenters. The fourth-order valence-electron chi connectivity index (χ4n) is 2.88. The molecule has 1 aliphatic heterocycles. The average molecular weight is 359 g/mol. The molecular weight excluding hydrogens is 343 g/mol. The molecule has 1 N–H and O–H groups in total. The van der Waals surface area contributed by atoms with Crippen molar-refractivity contribution >= 4 is 15.9 Å². The van der Waals surface area contributed by atoms with Gasteiger partial charge in [0.05, 0.1) is 0 Å². The Morgan fingerprint density at radius 1 is 1.50 bits per heavy atom. The van der Waals surface area contributed by atoms with Crippen LogP contribution in [0.15, 0.2) is 0 Å². The van der Waals surface area contributed by atoms with Gasteiger partial charge >= 0.3 is 106 Å². The number of halogens is 1. The van der Waals surface area contributed by atoms with Gasteiger partial charge < -0.3 is 0 Å². The third-order valence-corrected chi connectivity index (χ3v) is 8.65. The molecule has 1 aliphatic carbocycles. The van der Waals surface area contributed by atoms with Crippen LogP contribution in [0.5, 0.6) is 0 Å². The Morgan fingerprint density at radius 3 is 2.69 bits per heavy atom. The van der Waals surface area contributed by atoms with Crippen LogP contribution in [0.25, 0.3) is 0 Å². The minimum atomic E-state index is -4.07. The van der Waals surface area contributed by atoms with Crippen LogP contribution in [0, 0.1) is 16.7 Å². The quantitative estimate of drug-likeness (QED) is 0.339. The van der Waals surface area contributed by atoms with Crippen molar-refractivity contribution in [2.45, 2.75) is 20.3 Å². The number of fused-ring (bicyclic) bond motifs is 2. The van der Waals surface area contributed by atoms with Gasteiger partial charge in [-0.2, -0.15) is 0 Å². The number of ketones is 1. The van der Waals surface area contributed by atoms with Gasteiger partial charge in [-0.15, -0.1) is 0 Å². The first kappa shape index (κ1) is 12.8. The Morgan fingerprint density at radius 2 is 2.12 bits per heavy atom. The van der Waals surface area contributed by atoms with Gasteiger partial charge in [-0.1, -0.05) is 0 Å². The number of carbonyl (C=O) groups is 1. The SMILES string of the molecule is CC1(C)[C@@H]2C[I-]C[C@@]1(CS(=O)(=O)O)C(=O)C2. The van der Waals surface area contributed by atoms with Gasteiger partial charge in [-0.05, 0) is 0 Å². The third kappa shape index (κ3) is 1.73. The monoisotopic (exact) mass is 359 g/mol. The van der Waals surface area contributed by atoms with Gasteiger partial charge in [0.2, 0.25) is 0 Å². The zero-order valence-electron chi connectivity index (χ0n) is 9.36. The molecule has 4 nitrogen and oxygen atoms in total. The van der Waals surface area contributed by atoms with Gasteiger partial charge in [0, 0.05) is 0 Å². The predicted octanol–water partition coefficient (Wildman–Crippen LogP) is -2.42. The second-order valence-corrected chi connectivity index (χ2v) is 9.51. The molecule has 0 radical (unpaired) electrons. The summed E-state index contributed by atoms with van der Waals surface area (Å²) < 4.78 is 33.1. The number of hydrogen-bond acceptors (Lipinski definition) is 3. The van der Waals surface area contributed by atoms with E-state index in [1.807, 2.05) is 13.8 Å². The summed E-state index contributed by atoms with van der Waals surface area (Å²) in [6.45, 7) is 3.97. The summed E-state index contributed by atoms with van der Waals surface area (Å²) in [6.07, 6.45) is 0.502. The fourth-order valence-corrected chi connectivity index (χ4v) is 9.58. The van der Waals surface area contributed by atoms with E-state index in [0.29, 0.717) is 16.8 Å². The summed E-state index contributed by atoms with van der Waals surface area (Å²) in [5.41, 5.74) is -1.07. The number of hydrogen-bond donors (Lipinski definition) is 1. The topological polar surface area (TPSA) is 71.4 Å². The van der Waals surface area contributed by atoms with Crippen LogP contribution in [0.2, 0.25) is 0 Å². The van der Waals surface area contributed by atoms with Gasteiger partial charge in [0.15, 0.2) is 0 Å². The van der Waals surface area contributed by atoms with Crippen LogP contribution in [0.1, 0.15) is 20.3 Å². The number of Topliss-reactive ketones (excluding diaryl/α,β-unsaturated/α-hetero) is 1. The maximum atomic E-state index is 12.1. The van der Waals surface area contributed by atoms with Crippen molar-refractivity contribution in [3.05, 3.63) is 0 Å². The molecule has 0 unspecified atom stereocenters. The standard InChI is InChI=1S/C10H16IO4S/c1-9(2)7-3-8(12)10(9,5-11-4-7)6-16(13,14)15/h7H,3-6H2,1-2H3,(H,13,14,15)/q-1/t7-,10+/m0/s1. The van der Waals surface area contributed by atoms with E-state index >= 15 is 0 Å². The molecule has 1 saturated heterocycles. The van der Waals surface area contributed by atoms with Crippen LogP contribution in [-0.2, 0) is 14.9 Å². The van der Waals surface area contributed by atoms with Crippen molar-refractivity contribution in [3.8, 4) is 0 Å². The van der Waals surface area contributed by atoms with E-state index in [1.165, 1.54) is 0 Å². The van der Waals surface area contributed by atoms with Crippen LogP contribution in [0.4, 0.5) is 0 Å². The summed E-state index contributed by atoms with van der Waals surface area (Å²) in [4.78, 5) is 12.1. The van der Waals surface area contributed by atoms with E-state index in [1.54, 1.807) is 0 Å². The summed E-state index contributed by atoms with van der Waals surface area (Å²) in [5.74, 6) is 0.00262. The van der Waals surface area contributed by atoms with E-state index in [4.69, 9.17) is 4.55 Å². The van der Waals surface area contributed by atoms with Crippen LogP contribution >= 0.6 is 0 Å². The summed E-state index contributed by atoms with van der Waals surface area (Å²) >= 11 is -0.0906. The predicted molar refractivity (Wildman–Crippen MR) is 55.5 cm³/mol. The summed E-state index contributed by atoms with van der Waals surface area (Å²) in [7, 11) is -4.07. The van der Waals surface area contributed by atoms with Crippen molar-refractivity contribution in [3.63, 3.8) is 0 Å². The van der Waals surface area contributed by atoms with E-state index in [0.717, 1.165) is 4.43 Å². The second kappa shape index (κ2) is 3.65. The molecule has 2 rings (SSSR count). The molecule has 0 aromatic rings. The maximum absolute atomic E-state index is 12.1. The molecule has 2 fully saturated rings. The second-order valence-electron chi connectivity index (χ2n) is 5.33. The van der Waals surface area contributed by atoms with E-state index in [2.05, 4.69) is 0 Å². The number of carbonyl (C=O) groups excluding carboxylic acids is 1. The van der Waals surface area contributed by atoms with Crippen molar-refractivity contribution in [1.29, 1.82) is 0 Å². The first-order valence-corrected chi connectivity index (χ1v) is 9.87. The van der Waals surface area contributed by atoms with E-state index in [-0.39, 0.29) is 38.2 Å². The van der Waals surface area contributed by atoms with E-state index in [9.17, 15) is 13.2 Å². The zero-order chi connectivity index (χ0) is 12.2. The molecule has 2 bridgehead atoms. The van der Waals surface area contributed by atoms with Crippen molar-refractivity contribution in [2.24, 2.45) is 16.7 Å². The zero-order valence-corrected chi connectivity index (χ0v) is 12.3. The molecular formula is C10H16IO4S-. The van der Waals surface area contributed by atoms with Crippen LogP contribution in [-0.4, -0.2) is 33.4 Å². The van der Waals surface area contributed by atoms with Gasteiger partial charge in [-0.25, -0.2) is 0 Å². The van der Waals surface area contributed by atoms with Crippen LogP contribution in [0.3, 0.4) is 0 Å². The number of rotatable bonds is 2. The fraction of sp³-hybridized carbons (Fsp3) is 0.900. The van der Waals surface area contributed by atoms with Crippen molar-refractivity contribution in [1.82, 2.24) is 0 Å². The molecule has 6 heteroatoms. The molecule has 94 valence electrons. The van der Waals surface area contributed by atoms with Crippen LogP contribution < -0.4 is 21.2 Å². The molecule has 0 aromatic heterocycles. The average Bonchev–Trinajstić information content (AvgIpc) is 2.25. The Hall–Kier alpha value is 0.310. The Bertz CT molecular complexity index is 428.